The van der Waals surface area contributed by atoms with E-state index in [0.29, 0.717) is 17.7 Å². The maximum absolute atomic E-state index is 11.8. The Morgan fingerprint density at radius 2 is 2.00 bits per heavy atom. The molecule has 0 amide bonds. The maximum Gasteiger partial charge on any atom is 0.411 e. The lowest BCUT2D eigenvalue weighted by atomic mass is 10.1. The summed E-state index contributed by atoms with van der Waals surface area (Å²) in [5.41, 5.74) is 0.745. The van der Waals surface area contributed by atoms with E-state index in [4.69, 9.17) is 9.84 Å². The molecule has 0 fully saturated rings. The van der Waals surface area contributed by atoms with Crippen LogP contribution in [-0.4, -0.2) is 37.1 Å². The topological polar surface area (TPSA) is 55.8 Å². The van der Waals surface area contributed by atoms with Gasteiger partial charge in [0.25, 0.3) is 0 Å². The monoisotopic (exact) mass is 292 g/mol. The first-order chi connectivity index (χ1) is 9.29. The van der Waals surface area contributed by atoms with E-state index >= 15 is 0 Å². The third-order valence-electron chi connectivity index (χ3n) is 2.40. The Kier molecular flexibility index (Phi) is 5.82. The number of aryl methyl sites for hydroxylation is 1. The Balaban J connectivity index is 2.29. The van der Waals surface area contributed by atoms with E-state index in [1.807, 2.05) is 0 Å². The highest BCUT2D eigenvalue weighted by molar-refractivity contribution is 5.89. The molecule has 0 saturated carbocycles. The molecule has 0 aliphatic rings. The van der Waals surface area contributed by atoms with Crippen molar-refractivity contribution in [2.45, 2.75) is 19.5 Å². The second kappa shape index (κ2) is 7.14. The molecule has 0 spiro atoms. The number of rotatable bonds is 7. The number of carbonyl (C=O) groups is 1. The number of carboxylic acids is 1. The van der Waals surface area contributed by atoms with Gasteiger partial charge in [0, 0.05) is 6.42 Å². The van der Waals surface area contributed by atoms with Crippen molar-refractivity contribution in [3.63, 3.8) is 0 Å². The lowest BCUT2D eigenvalue weighted by molar-refractivity contribution is -0.174. The van der Waals surface area contributed by atoms with E-state index in [-0.39, 0.29) is 18.8 Å². The largest absolute Gasteiger partial charge is 0.493 e. The molecule has 4 nitrogen and oxygen atoms in total. The van der Waals surface area contributed by atoms with E-state index in [1.54, 1.807) is 13.0 Å². The van der Waals surface area contributed by atoms with Crippen molar-refractivity contribution in [3.8, 4) is 5.75 Å². The number of benzene rings is 1. The summed E-state index contributed by atoms with van der Waals surface area (Å²) in [6.07, 6.45) is -4.00. The van der Waals surface area contributed by atoms with Crippen LogP contribution in [0, 0.1) is 6.92 Å². The van der Waals surface area contributed by atoms with E-state index in [1.165, 1.54) is 12.1 Å². The number of ether oxygens (including phenoxy) is 2. The van der Waals surface area contributed by atoms with Crippen LogP contribution in [-0.2, 0) is 4.74 Å². The van der Waals surface area contributed by atoms with Crippen molar-refractivity contribution < 1.29 is 32.5 Å². The van der Waals surface area contributed by atoms with E-state index in [9.17, 15) is 18.0 Å². The van der Waals surface area contributed by atoms with Gasteiger partial charge in [0.15, 0.2) is 0 Å². The second-order valence-corrected chi connectivity index (χ2v) is 4.15. The van der Waals surface area contributed by atoms with Crippen LogP contribution in [0.1, 0.15) is 22.3 Å². The molecule has 0 bridgehead atoms. The van der Waals surface area contributed by atoms with Crippen molar-refractivity contribution in [1.29, 1.82) is 0 Å². The zero-order valence-corrected chi connectivity index (χ0v) is 10.9. The van der Waals surface area contributed by atoms with Gasteiger partial charge in [0.1, 0.15) is 12.4 Å². The molecule has 1 aromatic carbocycles. The first-order valence-electron chi connectivity index (χ1n) is 5.91. The first-order valence-corrected chi connectivity index (χ1v) is 5.91. The maximum atomic E-state index is 11.8. The lowest BCUT2D eigenvalue weighted by Gasteiger charge is -2.09. The number of aromatic carboxylic acids is 1. The van der Waals surface area contributed by atoms with Crippen molar-refractivity contribution in [2.75, 3.05) is 19.8 Å². The van der Waals surface area contributed by atoms with Gasteiger partial charge >= 0.3 is 12.1 Å². The number of hydrogen-bond acceptors (Lipinski definition) is 3. The van der Waals surface area contributed by atoms with Crippen LogP contribution in [0.2, 0.25) is 0 Å². The molecule has 0 unspecified atom stereocenters. The highest BCUT2D eigenvalue weighted by atomic mass is 19.4. The van der Waals surface area contributed by atoms with Crippen molar-refractivity contribution in [2.24, 2.45) is 0 Å². The molecular formula is C13H15F3O4. The van der Waals surface area contributed by atoms with Gasteiger partial charge in [-0.25, -0.2) is 4.79 Å². The first kappa shape index (κ1) is 16.3. The summed E-state index contributed by atoms with van der Waals surface area (Å²) in [6, 6.07) is 4.50. The highest BCUT2D eigenvalue weighted by Crippen LogP contribution is 2.18. The summed E-state index contributed by atoms with van der Waals surface area (Å²) >= 11 is 0. The third-order valence-corrected chi connectivity index (χ3v) is 2.40. The molecule has 1 rings (SSSR count). The molecule has 112 valence electrons. The Hall–Kier alpha value is -1.76. The van der Waals surface area contributed by atoms with Crippen molar-refractivity contribution >= 4 is 5.97 Å². The highest BCUT2D eigenvalue weighted by Gasteiger charge is 2.27. The molecule has 7 heteroatoms. The van der Waals surface area contributed by atoms with Crippen LogP contribution < -0.4 is 4.74 Å². The summed E-state index contributed by atoms with van der Waals surface area (Å²) in [4.78, 5) is 10.8. The standard InChI is InChI=1S/C13H15F3O4/c1-9-7-10(3-4-11(9)12(17)18)20-6-2-5-19-8-13(14,15)16/h3-4,7H,2,5-6,8H2,1H3,(H,17,18). The molecule has 0 aliphatic carbocycles. The minimum Gasteiger partial charge on any atom is -0.493 e. The Morgan fingerprint density at radius 3 is 2.55 bits per heavy atom. The zero-order valence-electron chi connectivity index (χ0n) is 10.9. The Morgan fingerprint density at radius 1 is 1.30 bits per heavy atom. The van der Waals surface area contributed by atoms with E-state index in [2.05, 4.69) is 4.74 Å². The van der Waals surface area contributed by atoms with E-state index < -0.39 is 18.8 Å². The fraction of sp³-hybridized carbons (Fsp3) is 0.462. The van der Waals surface area contributed by atoms with Crippen molar-refractivity contribution in [3.05, 3.63) is 29.3 Å². The van der Waals surface area contributed by atoms with Gasteiger partial charge in [0.05, 0.1) is 18.8 Å². The van der Waals surface area contributed by atoms with Crippen LogP contribution >= 0.6 is 0 Å². The minimum absolute atomic E-state index is 0.0499. The minimum atomic E-state index is -4.31. The fourth-order valence-corrected chi connectivity index (χ4v) is 1.50. The van der Waals surface area contributed by atoms with E-state index in [0.717, 1.165) is 0 Å². The SMILES string of the molecule is Cc1cc(OCCCOCC(F)(F)F)ccc1C(=O)O. The second-order valence-electron chi connectivity index (χ2n) is 4.15. The van der Waals surface area contributed by atoms with Crippen LogP contribution in [0.5, 0.6) is 5.75 Å². The molecule has 20 heavy (non-hydrogen) atoms. The van der Waals surface area contributed by atoms with Gasteiger partial charge < -0.3 is 14.6 Å². The normalized spacial score (nSPS) is 11.4. The predicted octanol–water partition coefficient (Wildman–Crippen LogP) is 3.04. The summed E-state index contributed by atoms with van der Waals surface area (Å²) in [7, 11) is 0. The number of halogens is 3. The number of hydrogen-bond donors (Lipinski definition) is 1. The molecule has 1 N–H and O–H groups in total. The predicted molar refractivity (Wildman–Crippen MR) is 65.1 cm³/mol. The average Bonchev–Trinajstić information content (AvgIpc) is 2.32. The average molecular weight is 292 g/mol. The summed E-state index contributed by atoms with van der Waals surface area (Å²) < 4.78 is 45.0. The van der Waals surface area contributed by atoms with Gasteiger partial charge in [-0.2, -0.15) is 13.2 Å². The lowest BCUT2D eigenvalue weighted by Crippen LogP contribution is -2.18. The number of alkyl halides is 3. The van der Waals surface area contributed by atoms with Gasteiger partial charge in [-0.1, -0.05) is 0 Å². The molecule has 1 aromatic rings. The van der Waals surface area contributed by atoms with Crippen LogP contribution in [0.25, 0.3) is 0 Å². The molecular weight excluding hydrogens is 277 g/mol. The Bertz CT molecular complexity index is 457. The quantitative estimate of drug-likeness (QED) is 0.785. The fourth-order valence-electron chi connectivity index (χ4n) is 1.50. The smallest absolute Gasteiger partial charge is 0.411 e. The van der Waals surface area contributed by atoms with Crippen LogP contribution in [0.15, 0.2) is 18.2 Å². The molecule has 0 aromatic heterocycles. The molecule has 0 aliphatic heterocycles. The molecule has 0 atom stereocenters. The summed E-state index contributed by atoms with van der Waals surface area (Å²) in [5.74, 6) is -0.544. The Labute approximate surface area is 114 Å². The van der Waals surface area contributed by atoms with Crippen LogP contribution in [0.4, 0.5) is 13.2 Å². The third kappa shape index (κ3) is 5.92. The van der Waals surface area contributed by atoms with Gasteiger partial charge in [-0.05, 0) is 30.7 Å². The van der Waals surface area contributed by atoms with Crippen molar-refractivity contribution in [1.82, 2.24) is 0 Å². The number of carboxylic acid groups (broad SMARTS) is 1. The van der Waals surface area contributed by atoms with Crippen LogP contribution in [0.3, 0.4) is 0 Å². The zero-order chi connectivity index (χ0) is 15.2. The molecule has 0 radical (unpaired) electrons. The summed E-state index contributed by atoms with van der Waals surface area (Å²) in [6.45, 7) is 0.525. The van der Waals surface area contributed by atoms with Gasteiger partial charge in [-0.3, -0.25) is 0 Å². The van der Waals surface area contributed by atoms with Gasteiger partial charge in [-0.15, -0.1) is 0 Å². The summed E-state index contributed by atoms with van der Waals surface area (Å²) in [5, 5.41) is 8.85. The molecule has 0 heterocycles. The molecule has 0 saturated heterocycles. The van der Waals surface area contributed by atoms with Gasteiger partial charge in [0.2, 0.25) is 0 Å².